The van der Waals surface area contributed by atoms with Crippen LogP contribution in [0.15, 0.2) is 18.3 Å². The minimum atomic E-state index is -0.105. The van der Waals surface area contributed by atoms with Crippen LogP contribution in [0.25, 0.3) is 0 Å². The van der Waals surface area contributed by atoms with Gasteiger partial charge in [-0.05, 0) is 63.5 Å². The van der Waals surface area contributed by atoms with Crippen LogP contribution in [0.5, 0.6) is 0 Å². The van der Waals surface area contributed by atoms with Crippen LogP contribution in [0.3, 0.4) is 0 Å². The van der Waals surface area contributed by atoms with Crippen molar-refractivity contribution in [3.63, 3.8) is 0 Å². The summed E-state index contributed by atoms with van der Waals surface area (Å²) in [6, 6.07) is 4.16. The van der Waals surface area contributed by atoms with Crippen molar-refractivity contribution in [2.45, 2.75) is 57.8 Å². The van der Waals surface area contributed by atoms with Gasteiger partial charge in [0.05, 0.1) is 24.1 Å². The molecule has 2 atom stereocenters. The highest BCUT2D eigenvalue weighted by molar-refractivity contribution is 5.89. The zero-order valence-corrected chi connectivity index (χ0v) is 15.1. The van der Waals surface area contributed by atoms with Crippen molar-refractivity contribution in [2.24, 2.45) is 11.8 Å². The number of ether oxygens (including phenoxy) is 1. The maximum absolute atomic E-state index is 12.3. The molecule has 0 unspecified atom stereocenters. The SMILES string of the molecule is C[C@H]1CN(c2ccc(NC(=O)NC(C3CC3)C3CC3)cn2)C[C@H](C)O1. The van der Waals surface area contributed by atoms with Gasteiger partial charge in [-0.25, -0.2) is 9.78 Å². The summed E-state index contributed by atoms with van der Waals surface area (Å²) in [6.07, 6.45) is 7.18. The van der Waals surface area contributed by atoms with Crippen molar-refractivity contribution in [3.05, 3.63) is 18.3 Å². The molecule has 25 heavy (non-hydrogen) atoms. The van der Waals surface area contributed by atoms with Crippen molar-refractivity contribution in [1.29, 1.82) is 0 Å². The molecule has 1 saturated heterocycles. The molecular weight excluding hydrogens is 316 g/mol. The molecule has 136 valence electrons. The third-order valence-corrected chi connectivity index (χ3v) is 5.31. The second kappa shape index (κ2) is 6.83. The summed E-state index contributed by atoms with van der Waals surface area (Å²) in [5, 5.41) is 6.10. The number of rotatable bonds is 5. The summed E-state index contributed by atoms with van der Waals surface area (Å²) in [4.78, 5) is 19.0. The molecule has 2 amide bonds. The van der Waals surface area contributed by atoms with Crippen LogP contribution in [-0.4, -0.2) is 42.4 Å². The molecule has 3 fully saturated rings. The Labute approximate surface area is 149 Å². The summed E-state index contributed by atoms with van der Waals surface area (Å²) in [6.45, 7) is 5.85. The summed E-state index contributed by atoms with van der Waals surface area (Å²) in [7, 11) is 0. The van der Waals surface area contributed by atoms with Crippen molar-refractivity contribution < 1.29 is 9.53 Å². The van der Waals surface area contributed by atoms with Gasteiger partial charge in [0, 0.05) is 19.1 Å². The van der Waals surface area contributed by atoms with Crippen LogP contribution in [-0.2, 0) is 4.74 Å². The number of nitrogens with zero attached hydrogens (tertiary/aromatic N) is 2. The van der Waals surface area contributed by atoms with E-state index in [0.717, 1.165) is 24.6 Å². The molecule has 2 N–H and O–H groups in total. The van der Waals surface area contributed by atoms with Gasteiger partial charge in [0.25, 0.3) is 0 Å². The van der Waals surface area contributed by atoms with Crippen molar-refractivity contribution in [1.82, 2.24) is 10.3 Å². The lowest BCUT2D eigenvalue weighted by atomic mass is 10.1. The molecule has 0 radical (unpaired) electrons. The largest absolute Gasteiger partial charge is 0.372 e. The first-order valence-electron chi connectivity index (χ1n) is 9.52. The van der Waals surface area contributed by atoms with E-state index in [1.165, 1.54) is 25.7 Å². The maximum atomic E-state index is 12.3. The highest BCUT2D eigenvalue weighted by atomic mass is 16.5. The predicted molar refractivity (Wildman–Crippen MR) is 97.8 cm³/mol. The number of pyridine rings is 1. The highest BCUT2D eigenvalue weighted by Gasteiger charge is 2.42. The fourth-order valence-corrected chi connectivity index (χ4v) is 3.86. The molecule has 1 aliphatic heterocycles. The Morgan fingerprint density at radius 3 is 2.32 bits per heavy atom. The van der Waals surface area contributed by atoms with Crippen LogP contribution >= 0.6 is 0 Å². The van der Waals surface area contributed by atoms with Gasteiger partial charge >= 0.3 is 6.03 Å². The summed E-state index contributed by atoms with van der Waals surface area (Å²) >= 11 is 0. The van der Waals surface area contributed by atoms with Crippen molar-refractivity contribution >= 4 is 17.5 Å². The first-order valence-corrected chi connectivity index (χ1v) is 9.52. The topological polar surface area (TPSA) is 66.5 Å². The van der Waals surface area contributed by atoms with E-state index in [1.807, 2.05) is 12.1 Å². The van der Waals surface area contributed by atoms with E-state index in [4.69, 9.17) is 4.74 Å². The Kier molecular flexibility index (Phi) is 4.54. The molecule has 0 bridgehead atoms. The Morgan fingerprint density at radius 1 is 1.16 bits per heavy atom. The fraction of sp³-hybridized carbons (Fsp3) is 0.684. The number of nitrogens with one attached hydrogen (secondary N) is 2. The molecule has 3 aliphatic rings. The Bertz CT molecular complexity index is 590. The van der Waals surface area contributed by atoms with E-state index in [0.29, 0.717) is 17.9 Å². The van der Waals surface area contributed by atoms with E-state index >= 15 is 0 Å². The van der Waals surface area contributed by atoms with Crippen LogP contribution in [0, 0.1) is 11.8 Å². The molecule has 0 aromatic carbocycles. The van der Waals surface area contributed by atoms with E-state index in [-0.39, 0.29) is 18.2 Å². The number of anilines is 2. The lowest BCUT2D eigenvalue weighted by molar-refractivity contribution is -0.00545. The normalized spacial score (nSPS) is 26.6. The van der Waals surface area contributed by atoms with Crippen LogP contribution in [0.4, 0.5) is 16.3 Å². The monoisotopic (exact) mass is 344 g/mol. The number of amides is 2. The second-order valence-corrected chi connectivity index (χ2v) is 7.87. The van der Waals surface area contributed by atoms with Gasteiger partial charge in [-0.1, -0.05) is 0 Å². The first kappa shape index (κ1) is 16.6. The van der Waals surface area contributed by atoms with Gasteiger partial charge in [0.15, 0.2) is 0 Å². The minimum Gasteiger partial charge on any atom is -0.372 e. The average Bonchev–Trinajstić information content (AvgIpc) is 3.46. The van der Waals surface area contributed by atoms with Gasteiger partial charge in [0.1, 0.15) is 5.82 Å². The standard InChI is InChI=1S/C19H28N4O2/c1-12-10-23(11-13(2)25-12)17-8-7-16(9-20-17)21-19(24)22-18(14-3-4-14)15-5-6-15/h7-9,12-15,18H,3-6,10-11H2,1-2H3,(H2,21,22,24)/t12-,13-/m0/s1. The van der Waals surface area contributed by atoms with Gasteiger partial charge in [-0.15, -0.1) is 0 Å². The van der Waals surface area contributed by atoms with Gasteiger partial charge in [-0.2, -0.15) is 0 Å². The number of hydrogen-bond acceptors (Lipinski definition) is 4. The lowest BCUT2D eigenvalue weighted by Gasteiger charge is -2.36. The Balaban J connectivity index is 1.33. The van der Waals surface area contributed by atoms with Crippen LogP contribution in [0.1, 0.15) is 39.5 Å². The van der Waals surface area contributed by atoms with E-state index in [9.17, 15) is 4.79 Å². The second-order valence-electron chi connectivity index (χ2n) is 7.87. The van der Waals surface area contributed by atoms with Gasteiger partial charge in [0.2, 0.25) is 0 Å². The van der Waals surface area contributed by atoms with Crippen molar-refractivity contribution in [3.8, 4) is 0 Å². The van der Waals surface area contributed by atoms with Crippen LogP contribution in [0.2, 0.25) is 0 Å². The first-order chi connectivity index (χ1) is 12.1. The molecule has 6 heteroatoms. The molecule has 1 aromatic rings. The minimum absolute atomic E-state index is 0.105. The quantitative estimate of drug-likeness (QED) is 0.862. The Morgan fingerprint density at radius 2 is 1.80 bits per heavy atom. The fourth-order valence-electron chi connectivity index (χ4n) is 3.86. The van der Waals surface area contributed by atoms with E-state index in [2.05, 4.69) is 34.4 Å². The zero-order chi connectivity index (χ0) is 17.4. The van der Waals surface area contributed by atoms with Crippen LogP contribution < -0.4 is 15.5 Å². The third kappa shape index (κ3) is 4.24. The number of aromatic nitrogens is 1. The van der Waals surface area contributed by atoms with E-state index < -0.39 is 0 Å². The third-order valence-electron chi connectivity index (χ3n) is 5.31. The number of urea groups is 1. The smallest absolute Gasteiger partial charge is 0.319 e. The van der Waals surface area contributed by atoms with Gasteiger partial charge in [-0.3, -0.25) is 0 Å². The Hall–Kier alpha value is -1.82. The molecule has 1 aromatic heterocycles. The lowest BCUT2D eigenvalue weighted by Crippen LogP contribution is -2.45. The molecule has 4 rings (SSSR count). The molecular formula is C19H28N4O2. The highest BCUT2D eigenvalue weighted by Crippen LogP contribution is 2.44. The van der Waals surface area contributed by atoms with E-state index in [1.54, 1.807) is 6.20 Å². The predicted octanol–water partition coefficient (Wildman–Crippen LogP) is 3.01. The van der Waals surface area contributed by atoms with Crippen molar-refractivity contribution in [2.75, 3.05) is 23.3 Å². The molecule has 2 heterocycles. The molecule has 2 saturated carbocycles. The number of morpholine rings is 1. The zero-order valence-electron chi connectivity index (χ0n) is 15.1. The maximum Gasteiger partial charge on any atom is 0.319 e. The molecule has 6 nitrogen and oxygen atoms in total. The molecule has 0 spiro atoms. The molecule has 2 aliphatic carbocycles. The van der Waals surface area contributed by atoms with Gasteiger partial charge < -0.3 is 20.3 Å². The number of carbonyl (C=O) groups is 1. The summed E-state index contributed by atoms with van der Waals surface area (Å²) in [5.74, 6) is 2.33. The summed E-state index contributed by atoms with van der Waals surface area (Å²) < 4.78 is 5.77. The number of hydrogen-bond donors (Lipinski definition) is 2. The number of carbonyl (C=O) groups excluding carboxylic acids is 1. The summed E-state index contributed by atoms with van der Waals surface area (Å²) in [5.41, 5.74) is 0.737. The average molecular weight is 344 g/mol.